The fourth-order valence-electron chi connectivity index (χ4n) is 3.71. The molecular weight excluding hydrogens is 308 g/mol. The zero-order chi connectivity index (χ0) is 16.7. The van der Waals surface area contributed by atoms with Crippen LogP contribution in [-0.2, 0) is 16.0 Å². The quantitative estimate of drug-likeness (QED) is 0.888. The highest BCUT2D eigenvalue weighted by Gasteiger charge is 2.35. The minimum absolute atomic E-state index is 0.0143. The number of para-hydroxylation sites is 1. The number of rotatable bonds is 3. The monoisotopic (exact) mass is 326 g/mol. The number of benzene rings is 1. The third kappa shape index (κ3) is 2.55. The fraction of sp³-hybridized carbons (Fsp3) is 0.412. The molecule has 0 saturated carbocycles. The van der Waals surface area contributed by atoms with E-state index in [9.17, 15) is 14.4 Å². The number of piperazine rings is 1. The Labute approximate surface area is 139 Å². The lowest BCUT2D eigenvalue weighted by Crippen LogP contribution is -2.53. The Morgan fingerprint density at radius 1 is 1.25 bits per heavy atom. The van der Waals surface area contributed by atoms with Crippen molar-refractivity contribution in [1.29, 1.82) is 0 Å². The Bertz CT molecular complexity index is 758. The summed E-state index contributed by atoms with van der Waals surface area (Å²) in [6, 6.07) is 8.07. The highest BCUT2D eigenvalue weighted by atomic mass is 16.2. The van der Waals surface area contributed by atoms with Gasteiger partial charge in [-0.25, -0.2) is 4.79 Å². The zero-order valence-electron chi connectivity index (χ0n) is 13.2. The van der Waals surface area contributed by atoms with E-state index in [-0.39, 0.29) is 24.5 Å². The van der Waals surface area contributed by atoms with Crippen molar-refractivity contribution in [3.05, 3.63) is 29.8 Å². The van der Waals surface area contributed by atoms with Crippen LogP contribution in [0.4, 0.5) is 10.5 Å². The number of imide groups is 1. The molecule has 0 aromatic heterocycles. The minimum atomic E-state index is -0.639. The molecule has 3 aliphatic heterocycles. The van der Waals surface area contributed by atoms with Gasteiger partial charge >= 0.3 is 6.03 Å². The summed E-state index contributed by atoms with van der Waals surface area (Å²) in [4.78, 5) is 42.8. The van der Waals surface area contributed by atoms with Crippen LogP contribution in [0.2, 0.25) is 0 Å². The van der Waals surface area contributed by atoms with Crippen molar-refractivity contribution in [2.75, 3.05) is 24.5 Å². The largest absolute Gasteiger partial charge is 0.364 e. The number of fused-ring (bicyclic) bond motifs is 3. The van der Waals surface area contributed by atoms with Gasteiger partial charge in [0.25, 0.3) is 5.91 Å². The molecule has 24 heavy (non-hydrogen) atoms. The summed E-state index contributed by atoms with van der Waals surface area (Å²) in [6.45, 7) is 2.21. The van der Waals surface area contributed by atoms with Crippen molar-refractivity contribution in [2.45, 2.75) is 25.3 Å². The van der Waals surface area contributed by atoms with Gasteiger partial charge in [0.05, 0.1) is 6.04 Å². The van der Waals surface area contributed by atoms with E-state index in [1.54, 1.807) is 0 Å². The SMILES string of the molecule is O=C1N=C(CCC(=O)N2CCN3c4ccccc4CC3C2)C(=O)N1. The molecule has 1 aromatic rings. The number of nitrogens with zero attached hydrogens (tertiary/aromatic N) is 3. The third-order valence-corrected chi connectivity index (χ3v) is 4.89. The maximum absolute atomic E-state index is 12.4. The average Bonchev–Trinajstić information content (AvgIpc) is 3.11. The Morgan fingerprint density at radius 3 is 2.88 bits per heavy atom. The van der Waals surface area contributed by atoms with Gasteiger partial charge in [-0.3, -0.25) is 14.9 Å². The van der Waals surface area contributed by atoms with E-state index < -0.39 is 11.9 Å². The molecule has 1 aromatic carbocycles. The van der Waals surface area contributed by atoms with Crippen LogP contribution in [0.15, 0.2) is 29.3 Å². The summed E-state index contributed by atoms with van der Waals surface area (Å²) in [6.07, 6.45) is 1.38. The van der Waals surface area contributed by atoms with Gasteiger partial charge in [-0.15, -0.1) is 0 Å². The number of nitrogens with one attached hydrogen (secondary N) is 1. The van der Waals surface area contributed by atoms with E-state index in [1.165, 1.54) is 11.3 Å². The first-order valence-corrected chi connectivity index (χ1v) is 8.17. The number of hydrogen-bond acceptors (Lipinski definition) is 4. The van der Waals surface area contributed by atoms with Crippen molar-refractivity contribution in [3.8, 4) is 0 Å². The van der Waals surface area contributed by atoms with Crippen LogP contribution in [0, 0.1) is 0 Å². The van der Waals surface area contributed by atoms with Crippen LogP contribution in [0.3, 0.4) is 0 Å². The van der Waals surface area contributed by atoms with Gasteiger partial charge in [-0.2, -0.15) is 4.99 Å². The highest BCUT2D eigenvalue weighted by molar-refractivity contribution is 6.46. The van der Waals surface area contributed by atoms with Gasteiger partial charge in [0, 0.05) is 38.2 Å². The lowest BCUT2D eigenvalue weighted by atomic mass is 10.1. The molecule has 4 amide bonds. The van der Waals surface area contributed by atoms with Gasteiger partial charge in [0.1, 0.15) is 5.71 Å². The normalized spacial score (nSPS) is 22.2. The molecule has 7 nitrogen and oxygen atoms in total. The first-order valence-electron chi connectivity index (χ1n) is 8.17. The second kappa shape index (κ2) is 5.74. The maximum atomic E-state index is 12.4. The highest BCUT2D eigenvalue weighted by Crippen LogP contribution is 2.33. The molecule has 124 valence electrons. The predicted molar refractivity (Wildman–Crippen MR) is 88.1 cm³/mol. The molecule has 4 rings (SSSR count). The van der Waals surface area contributed by atoms with Crippen LogP contribution in [0.25, 0.3) is 0 Å². The Morgan fingerprint density at radius 2 is 2.08 bits per heavy atom. The number of carbonyl (C=O) groups excluding carboxylic acids is 3. The molecule has 0 spiro atoms. The van der Waals surface area contributed by atoms with Crippen molar-refractivity contribution >= 4 is 29.2 Å². The van der Waals surface area contributed by atoms with Gasteiger partial charge in [0.15, 0.2) is 0 Å². The third-order valence-electron chi connectivity index (χ3n) is 4.89. The summed E-state index contributed by atoms with van der Waals surface area (Å²) >= 11 is 0. The molecule has 1 unspecified atom stereocenters. The summed E-state index contributed by atoms with van der Waals surface area (Å²) < 4.78 is 0. The minimum Gasteiger partial charge on any atom is -0.364 e. The lowest BCUT2D eigenvalue weighted by Gasteiger charge is -2.39. The van der Waals surface area contributed by atoms with E-state index in [1.807, 2.05) is 11.0 Å². The number of amides is 4. The number of urea groups is 1. The molecular formula is C17H18N4O3. The van der Waals surface area contributed by atoms with Gasteiger partial charge in [-0.05, 0) is 18.1 Å². The van der Waals surface area contributed by atoms with E-state index in [0.29, 0.717) is 19.1 Å². The maximum Gasteiger partial charge on any atom is 0.348 e. The van der Waals surface area contributed by atoms with Crippen LogP contribution in [0.1, 0.15) is 18.4 Å². The van der Waals surface area contributed by atoms with Crippen molar-refractivity contribution in [1.82, 2.24) is 10.2 Å². The van der Waals surface area contributed by atoms with Gasteiger partial charge in [0.2, 0.25) is 5.91 Å². The van der Waals surface area contributed by atoms with Crippen LogP contribution in [-0.4, -0.2) is 54.1 Å². The molecule has 0 bridgehead atoms. The second-order valence-corrected chi connectivity index (χ2v) is 6.34. The predicted octanol–water partition coefficient (Wildman–Crippen LogP) is 0.731. The smallest absolute Gasteiger partial charge is 0.348 e. The van der Waals surface area contributed by atoms with Crippen LogP contribution >= 0.6 is 0 Å². The Hall–Kier alpha value is -2.70. The summed E-state index contributed by atoms with van der Waals surface area (Å²) in [5.74, 6) is -0.468. The number of hydrogen-bond donors (Lipinski definition) is 1. The van der Waals surface area contributed by atoms with E-state index >= 15 is 0 Å². The Balaban J connectivity index is 1.36. The van der Waals surface area contributed by atoms with E-state index in [2.05, 4.69) is 33.4 Å². The zero-order valence-corrected chi connectivity index (χ0v) is 13.2. The van der Waals surface area contributed by atoms with Crippen molar-refractivity contribution in [3.63, 3.8) is 0 Å². The number of anilines is 1. The van der Waals surface area contributed by atoms with Crippen LogP contribution < -0.4 is 10.2 Å². The van der Waals surface area contributed by atoms with Gasteiger partial charge in [-0.1, -0.05) is 18.2 Å². The standard InChI is InChI=1S/C17H18N4O3/c22-15(6-5-13-16(23)19-17(24)18-13)20-7-8-21-12(10-20)9-11-3-1-2-4-14(11)21/h1-4,12H,5-10H2,(H,19,23,24). The molecule has 1 atom stereocenters. The molecule has 1 N–H and O–H groups in total. The number of aliphatic imine (C=N–C) groups is 1. The second-order valence-electron chi connectivity index (χ2n) is 6.34. The first-order chi connectivity index (χ1) is 11.6. The van der Waals surface area contributed by atoms with Crippen molar-refractivity contribution < 1.29 is 14.4 Å². The fourth-order valence-corrected chi connectivity index (χ4v) is 3.71. The Kier molecular flexibility index (Phi) is 3.55. The van der Waals surface area contributed by atoms with E-state index in [4.69, 9.17) is 0 Å². The molecule has 1 saturated heterocycles. The molecule has 1 fully saturated rings. The van der Waals surface area contributed by atoms with E-state index in [0.717, 1.165) is 13.0 Å². The average molecular weight is 326 g/mol. The topological polar surface area (TPSA) is 82.1 Å². The molecule has 0 radical (unpaired) electrons. The summed E-state index contributed by atoms with van der Waals surface area (Å²) in [5, 5.41) is 2.10. The summed E-state index contributed by atoms with van der Waals surface area (Å²) in [5.41, 5.74) is 2.78. The van der Waals surface area contributed by atoms with Crippen molar-refractivity contribution in [2.24, 2.45) is 4.99 Å². The summed E-state index contributed by atoms with van der Waals surface area (Å²) in [7, 11) is 0. The molecule has 3 aliphatic rings. The van der Waals surface area contributed by atoms with Gasteiger partial charge < -0.3 is 9.80 Å². The molecule has 0 aliphatic carbocycles. The molecule has 3 heterocycles. The van der Waals surface area contributed by atoms with Crippen LogP contribution in [0.5, 0.6) is 0 Å². The lowest BCUT2D eigenvalue weighted by molar-refractivity contribution is -0.131. The molecule has 7 heteroatoms. The number of carbonyl (C=O) groups is 3. The first kappa shape index (κ1) is 14.9.